The molecule has 0 aliphatic rings. The van der Waals surface area contributed by atoms with Crippen molar-refractivity contribution in [1.29, 1.82) is 0 Å². The lowest BCUT2D eigenvalue weighted by Gasteiger charge is -2.08. The zero-order chi connectivity index (χ0) is 21.4. The Morgan fingerprint density at radius 3 is 2.50 bits per heavy atom. The third-order valence-electron chi connectivity index (χ3n) is 4.04. The third-order valence-corrected chi connectivity index (χ3v) is 5.48. The molecule has 10 heteroatoms. The summed E-state index contributed by atoms with van der Waals surface area (Å²) in [5.41, 5.74) is 1.42. The number of sulfonamides is 1. The number of pyridine rings is 1. The van der Waals surface area contributed by atoms with Crippen LogP contribution in [0, 0.1) is 0 Å². The first-order valence-corrected chi connectivity index (χ1v) is 10.5. The number of nitrogens with zero attached hydrogens (tertiary/aromatic N) is 1. The summed E-state index contributed by atoms with van der Waals surface area (Å²) in [4.78, 5) is 27.7. The van der Waals surface area contributed by atoms with Crippen LogP contribution in [0.2, 0.25) is 0 Å². The van der Waals surface area contributed by atoms with Crippen LogP contribution < -0.4 is 15.4 Å². The van der Waals surface area contributed by atoms with Crippen LogP contribution in [0.15, 0.2) is 76.5 Å². The van der Waals surface area contributed by atoms with Gasteiger partial charge in [-0.15, -0.1) is 0 Å². The summed E-state index contributed by atoms with van der Waals surface area (Å²) in [5, 5.41) is 5.42. The fraction of sp³-hybridized carbons (Fsp3) is 0.150. The van der Waals surface area contributed by atoms with Crippen molar-refractivity contribution < 1.29 is 22.4 Å². The van der Waals surface area contributed by atoms with Crippen molar-refractivity contribution in [3.63, 3.8) is 0 Å². The number of anilines is 1. The molecular weight excluding hydrogens is 408 g/mol. The molecule has 156 valence electrons. The average Bonchev–Trinajstić information content (AvgIpc) is 3.29. The maximum Gasteiger partial charge on any atom is 0.291 e. The number of nitrogens with one attached hydrogen (secondary N) is 3. The second-order valence-corrected chi connectivity index (χ2v) is 8.01. The van der Waals surface area contributed by atoms with Gasteiger partial charge in [0.1, 0.15) is 4.90 Å². The van der Waals surface area contributed by atoms with Crippen LogP contribution >= 0.6 is 0 Å². The Kier molecular flexibility index (Phi) is 6.94. The quantitative estimate of drug-likeness (QED) is 0.477. The smallest absolute Gasteiger partial charge is 0.291 e. The Bertz CT molecular complexity index is 1080. The van der Waals surface area contributed by atoms with Gasteiger partial charge in [0.05, 0.1) is 6.26 Å². The highest BCUT2D eigenvalue weighted by Crippen LogP contribution is 2.12. The molecule has 0 saturated carbocycles. The summed E-state index contributed by atoms with van der Waals surface area (Å²) >= 11 is 0. The molecule has 0 aliphatic heterocycles. The molecule has 2 aromatic heterocycles. The molecule has 2 amide bonds. The van der Waals surface area contributed by atoms with Crippen molar-refractivity contribution in [3.05, 3.63) is 78.5 Å². The molecule has 9 nitrogen and oxygen atoms in total. The Morgan fingerprint density at radius 2 is 1.83 bits per heavy atom. The summed E-state index contributed by atoms with van der Waals surface area (Å²) in [5.74, 6) is -0.431. The maximum absolute atomic E-state index is 12.1. The highest BCUT2D eigenvalue weighted by atomic mass is 32.2. The molecule has 0 unspecified atom stereocenters. The number of hydrogen-bond acceptors (Lipinski definition) is 6. The van der Waals surface area contributed by atoms with Gasteiger partial charge in [0, 0.05) is 37.6 Å². The maximum atomic E-state index is 12.1. The fourth-order valence-corrected chi connectivity index (χ4v) is 3.48. The Hall–Kier alpha value is -3.50. The predicted molar refractivity (Wildman–Crippen MR) is 109 cm³/mol. The lowest BCUT2D eigenvalue weighted by Crippen LogP contribution is -2.30. The van der Waals surface area contributed by atoms with Gasteiger partial charge in [-0.1, -0.05) is 12.1 Å². The van der Waals surface area contributed by atoms with Gasteiger partial charge in [-0.05, 0) is 42.0 Å². The Morgan fingerprint density at radius 1 is 1.03 bits per heavy atom. The third kappa shape index (κ3) is 6.00. The van der Waals surface area contributed by atoms with Gasteiger partial charge in [-0.25, -0.2) is 13.1 Å². The minimum Gasteiger partial charge on any atom is -0.459 e. The van der Waals surface area contributed by atoms with E-state index in [1.165, 1.54) is 30.8 Å². The molecule has 0 spiro atoms. The van der Waals surface area contributed by atoms with E-state index in [0.717, 1.165) is 5.56 Å². The van der Waals surface area contributed by atoms with E-state index in [9.17, 15) is 18.0 Å². The van der Waals surface area contributed by atoms with Gasteiger partial charge in [-0.2, -0.15) is 0 Å². The molecule has 2 heterocycles. The van der Waals surface area contributed by atoms with E-state index in [0.29, 0.717) is 5.69 Å². The van der Waals surface area contributed by atoms with Crippen LogP contribution in [-0.4, -0.2) is 31.8 Å². The Balaban J connectivity index is 1.41. The number of rotatable bonds is 9. The molecule has 0 aliphatic carbocycles. The minimum absolute atomic E-state index is 0.00319. The zero-order valence-electron chi connectivity index (χ0n) is 15.9. The van der Waals surface area contributed by atoms with E-state index < -0.39 is 10.0 Å². The van der Waals surface area contributed by atoms with Gasteiger partial charge < -0.3 is 15.1 Å². The normalized spacial score (nSPS) is 11.1. The summed E-state index contributed by atoms with van der Waals surface area (Å²) in [6.45, 7) is 0.251. The van der Waals surface area contributed by atoms with Crippen molar-refractivity contribution in [2.75, 3.05) is 11.9 Å². The van der Waals surface area contributed by atoms with Gasteiger partial charge in [0.2, 0.25) is 15.9 Å². The van der Waals surface area contributed by atoms with Crippen molar-refractivity contribution in [3.8, 4) is 0 Å². The standard InChI is InChI=1S/C20H20N4O5S/c25-19(9-11-23-30(27,28)17-3-1-10-21-14-17)22-13-15-5-7-16(8-6-15)24-20(26)18-4-2-12-29-18/h1-8,10,12,14,23H,9,11,13H2,(H,22,25)(H,24,26). The number of amides is 2. The van der Waals surface area contributed by atoms with Crippen LogP contribution in [0.1, 0.15) is 22.5 Å². The lowest BCUT2D eigenvalue weighted by molar-refractivity contribution is -0.121. The van der Waals surface area contributed by atoms with Crippen LogP contribution in [0.5, 0.6) is 0 Å². The number of benzene rings is 1. The number of aromatic nitrogens is 1. The van der Waals surface area contributed by atoms with Crippen molar-refractivity contribution in [1.82, 2.24) is 15.0 Å². The van der Waals surface area contributed by atoms with Gasteiger partial charge in [-0.3, -0.25) is 14.6 Å². The molecule has 30 heavy (non-hydrogen) atoms. The van der Waals surface area contributed by atoms with Crippen LogP contribution in [-0.2, 0) is 21.4 Å². The highest BCUT2D eigenvalue weighted by molar-refractivity contribution is 7.89. The van der Waals surface area contributed by atoms with Crippen molar-refractivity contribution >= 4 is 27.5 Å². The largest absolute Gasteiger partial charge is 0.459 e. The van der Waals surface area contributed by atoms with Gasteiger partial charge >= 0.3 is 0 Å². The van der Waals surface area contributed by atoms with Gasteiger partial charge in [0.15, 0.2) is 5.76 Å². The number of carbonyl (C=O) groups excluding carboxylic acids is 2. The van der Waals surface area contributed by atoms with E-state index in [-0.39, 0.29) is 42.0 Å². The zero-order valence-corrected chi connectivity index (χ0v) is 16.7. The molecule has 3 aromatic rings. The SMILES string of the molecule is O=C(CCNS(=O)(=O)c1cccnc1)NCc1ccc(NC(=O)c2ccco2)cc1. The molecule has 0 fully saturated rings. The van der Waals surface area contributed by atoms with Crippen molar-refractivity contribution in [2.24, 2.45) is 0 Å². The van der Waals surface area contributed by atoms with Gasteiger partial charge in [0.25, 0.3) is 5.91 Å². The van der Waals surface area contributed by atoms with Crippen LogP contribution in [0.3, 0.4) is 0 Å². The van der Waals surface area contributed by atoms with Crippen LogP contribution in [0.25, 0.3) is 0 Å². The molecule has 0 atom stereocenters. The molecule has 0 saturated heterocycles. The fourth-order valence-electron chi connectivity index (χ4n) is 2.48. The summed E-state index contributed by atoms with van der Waals surface area (Å²) in [7, 11) is -3.69. The lowest BCUT2D eigenvalue weighted by atomic mass is 10.2. The molecule has 3 N–H and O–H groups in total. The summed E-state index contributed by atoms with van der Waals surface area (Å²) in [6.07, 6.45) is 4.14. The topological polar surface area (TPSA) is 130 Å². The molecule has 0 radical (unpaired) electrons. The van der Waals surface area contributed by atoms with E-state index in [1.807, 2.05) is 0 Å². The first-order chi connectivity index (χ1) is 14.4. The molecule has 1 aromatic carbocycles. The highest BCUT2D eigenvalue weighted by Gasteiger charge is 2.14. The van der Waals surface area contributed by atoms with E-state index in [2.05, 4.69) is 20.3 Å². The first kappa shape index (κ1) is 21.2. The molecular formula is C20H20N4O5S. The van der Waals surface area contributed by atoms with E-state index >= 15 is 0 Å². The van der Waals surface area contributed by atoms with Crippen LogP contribution in [0.4, 0.5) is 5.69 Å². The van der Waals surface area contributed by atoms with E-state index in [1.54, 1.807) is 36.4 Å². The molecule has 3 rings (SSSR count). The second kappa shape index (κ2) is 9.81. The minimum atomic E-state index is -3.69. The Labute approximate surface area is 173 Å². The number of furan rings is 1. The van der Waals surface area contributed by atoms with Crippen molar-refractivity contribution in [2.45, 2.75) is 17.9 Å². The second-order valence-electron chi connectivity index (χ2n) is 6.24. The summed E-state index contributed by atoms with van der Waals surface area (Å²) in [6, 6.07) is 13.1. The number of hydrogen-bond donors (Lipinski definition) is 3. The molecule has 0 bridgehead atoms. The van der Waals surface area contributed by atoms with E-state index in [4.69, 9.17) is 4.42 Å². The summed E-state index contributed by atoms with van der Waals surface area (Å²) < 4.78 is 31.5. The average molecular weight is 428 g/mol. The predicted octanol–water partition coefficient (Wildman–Crippen LogP) is 1.91. The number of carbonyl (C=O) groups is 2. The first-order valence-electron chi connectivity index (χ1n) is 9.04. The monoisotopic (exact) mass is 428 g/mol.